The van der Waals surface area contributed by atoms with Crippen LogP contribution in [0.2, 0.25) is 0 Å². The van der Waals surface area contributed by atoms with Gasteiger partial charge >= 0.3 is 0 Å². The lowest BCUT2D eigenvalue weighted by Crippen LogP contribution is -2.16. The van der Waals surface area contributed by atoms with Gasteiger partial charge in [0, 0.05) is 11.6 Å². The third-order valence-corrected chi connectivity index (χ3v) is 4.07. The fourth-order valence-corrected chi connectivity index (χ4v) is 2.76. The molecule has 0 atom stereocenters. The SMILES string of the molecule is CC(=O)c1ccccc1OCc1cc(=O)n2nc(-c3ccccc3)nc2[nH]1. The summed E-state index contributed by atoms with van der Waals surface area (Å²) in [5.41, 5.74) is 1.55. The quantitative estimate of drug-likeness (QED) is 0.553. The van der Waals surface area contributed by atoms with Gasteiger partial charge in [0.25, 0.3) is 5.56 Å². The minimum Gasteiger partial charge on any atom is -0.487 e. The largest absolute Gasteiger partial charge is 0.487 e. The van der Waals surface area contributed by atoms with E-state index >= 15 is 0 Å². The molecule has 0 fully saturated rings. The lowest BCUT2D eigenvalue weighted by molar-refractivity contribution is 0.101. The number of rotatable bonds is 5. The Morgan fingerprint density at radius 2 is 1.85 bits per heavy atom. The van der Waals surface area contributed by atoms with Crippen LogP contribution in [-0.4, -0.2) is 25.4 Å². The third kappa shape index (κ3) is 3.35. The maximum atomic E-state index is 12.4. The van der Waals surface area contributed by atoms with Crippen LogP contribution in [0.4, 0.5) is 0 Å². The van der Waals surface area contributed by atoms with Crippen molar-refractivity contribution in [2.45, 2.75) is 13.5 Å². The average Bonchev–Trinajstić information content (AvgIpc) is 3.12. The molecule has 7 nitrogen and oxygen atoms in total. The van der Waals surface area contributed by atoms with E-state index in [1.807, 2.05) is 30.3 Å². The van der Waals surface area contributed by atoms with Crippen LogP contribution < -0.4 is 10.3 Å². The number of benzene rings is 2. The second kappa shape index (κ2) is 6.87. The molecule has 134 valence electrons. The van der Waals surface area contributed by atoms with Crippen molar-refractivity contribution in [2.24, 2.45) is 0 Å². The zero-order chi connectivity index (χ0) is 18.8. The van der Waals surface area contributed by atoms with Gasteiger partial charge in [-0.1, -0.05) is 42.5 Å². The van der Waals surface area contributed by atoms with Gasteiger partial charge in [0.2, 0.25) is 5.78 Å². The highest BCUT2D eigenvalue weighted by Gasteiger charge is 2.11. The number of fused-ring (bicyclic) bond motifs is 1. The van der Waals surface area contributed by atoms with E-state index in [0.29, 0.717) is 28.6 Å². The fraction of sp³-hybridized carbons (Fsp3) is 0.100. The number of H-pyrrole nitrogens is 1. The predicted octanol–water partition coefficient (Wildman–Crippen LogP) is 2.87. The average molecular weight is 360 g/mol. The van der Waals surface area contributed by atoms with E-state index in [1.54, 1.807) is 24.3 Å². The van der Waals surface area contributed by atoms with E-state index in [1.165, 1.54) is 17.5 Å². The first-order valence-electron chi connectivity index (χ1n) is 8.39. The third-order valence-electron chi connectivity index (χ3n) is 4.07. The van der Waals surface area contributed by atoms with E-state index in [4.69, 9.17) is 4.74 Å². The topological polar surface area (TPSA) is 89.3 Å². The molecule has 0 saturated carbocycles. The lowest BCUT2D eigenvalue weighted by atomic mass is 10.1. The number of carbonyl (C=O) groups excluding carboxylic acids is 1. The van der Waals surface area contributed by atoms with Crippen LogP contribution in [-0.2, 0) is 6.61 Å². The van der Waals surface area contributed by atoms with Crippen LogP contribution in [0.15, 0.2) is 65.5 Å². The summed E-state index contributed by atoms with van der Waals surface area (Å²) in [5, 5.41) is 4.26. The van der Waals surface area contributed by atoms with Gasteiger partial charge in [-0.05, 0) is 19.1 Å². The predicted molar refractivity (Wildman–Crippen MR) is 99.8 cm³/mol. The van der Waals surface area contributed by atoms with Crippen molar-refractivity contribution in [3.63, 3.8) is 0 Å². The summed E-state index contributed by atoms with van der Waals surface area (Å²) < 4.78 is 6.95. The van der Waals surface area contributed by atoms with Crippen LogP contribution >= 0.6 is 0 Å². The monoisotopic (exact) mass is 360 g/mol. The van der Waals surface area contributed by atoms with E-state index in [9.17, 15) is 9.59 Å². The molecular weight excluding hydrogens is 344 g/mol. The van der Waals surface area contributed by atoms with Crippen LogP contribution in [0.1, 0.15) is 23.0 Å². The fourth-order valence-electron chi connectivity index (χ4n) is 2.76. The molecular formula is C20H16N4O3. The summed E-state index contributed by atoms with van der Waals surface area (Å²) in [7, 11) is 0. The Labute approximate surface area is 154 Å². The maximum Gasteiger partial charge on any atom is 0.276 e. The number of ketones is 1. The minimum absolute atomic E-state index is 0.0838. The summed E-state index contributed by atoms with van der Waals surface area (Å²) in [4.78, 5) is 31.5. The van der Waals surface area contributed by atoms with Gasteiger partial charge in [0.15, 0.2) is 11.6 Å². The molecule has 0 aliphatic carbocycles. The minimum atomic E-state index is -0.308. The van der Waals surface area contributed by atoms with Gasteiger partial charge in [0.05, 0.1) is 11.3 Å². The summed E-state index contributed by atoms with van der Waals surface area (Å²) >= 11 is 0. The number of Topliss-reactive ketones (excluding diaryl/α,β-unsaturated/α-hetero) is 1. The van der Waals surface area contributed by atoms with Gasteiger partial charge < -0.3 is 9.72 Å². The highest BCUT2D eigenvalue weighted by Crippen LogP contribution is 2.19. The van der Waals surface area contributed by atoms with Gasteiger partial charge in [-0.15, -0.1) is 5.10 Å². The zero-order valence-electron chi connectivity index (χ0n) is 14.5. The number of hydrogen-bond acceptors (Lipinski definition) is 5. The van der Waals surface area contributed by atoms with Gasteiger partial charge in [0.1, 0.15) is 12.4 Å². The molecule has 2 aromatic carbocycles. The molecule has 7 heteroatoms. The second-order valence-corrected chi connectivity index (χ2v) is 6.01. The van der Waals surface area contributed by atoms with Crippen LogP contribution in [0, 0.1) is 0 Å². The lowest BCUT2D eigenvalue weighted by Gasteiger charge is -2.09. The van der Waals surface area contributed by atoms with E-state index in [0.717, 1.165) is 5.56 Å². The number of aromatic amines is 1. The summed E-state index contributed by atoms with van der Waals surface area (Å²) in [5.74, 6) is 1.18. The molecule has 4 aromatic rings. The Kier molecular flexibility index (Phi) is 4.25. The Bertz CT molecular complexity index is 1180. The number of nitrogens with one attached hydrogen (secondary N) is 1. The van der Waals surface area contributed by atoms with Gasteiger partial charge in [-0.3, -0.25) is 9.59 Å². The van der Waals surface area contributed by atoms with Crippen molar-refractivity contribution in [3.8, 4) is 17.1 Å². The first-order valence-corrected chi connectivity index (χ1v) is 8.39. The van der Waals surface area contributed by atoms with Crippen molar-refractivity contribution < 1.29 is 9.53 Å². The molecule has 27 heavy (non-hydrogen) atoms. The smallest absolute Gasteiger partial charge is 0.276 e. The highest BCUT2D eigenvalue weighted by molar-refractivity contribution is 5.96. The van der Waals surface area contributed by atoms with Crippen molar-refractivity contribution in [1.29, 1.82) is 0 Å². The molecule has 2 aromatic heterocycles. The number of hydrogen-bond donors (Lipinski definition) is 1. The molecule has 0 radical (unpaired) electrons. The molecule has 0 bridgehead atoms. The summed E-state index contributed by atoms with van der Waals surface area (Å²) in [6.07, 6.45) is 0. The highest BCUT2D eigenvalue weighted by atomic mass is 16.5. The molecule has 0 aliphatic heterocycles. The van der Waals surface area contributed by atoms with E-state index in [2.05, 4.69) is 15.1 Å². The summed E-state index contributed by atoms with van der Waals surface area (Å²) in [6.45, 7) is 1.58. The molecule has 4 rings (SSSR count). The number of carbonyl (C=O) groups is 1. The molecule has 0 spiro atoms. The Morgan fingerprint density at radius 1 is 1.11 bits per heavy atom. The molecule has 0 saturated heterocycles. The van der Waals surface area contributed by atoms with Crippen molar-refractivity contribution in [3.05, 3.63) is 82.3 Å². The normalized spacial score (nSPS) is 10.9. The second-order valence-electron chi connectivity index (χ2n) is 6.01. The number of ether oxygens (including phenoxy) is 1. The zero-order valence-corrected chi connectivity index (χ0v) is 14.5. The molecule has 1 N–H and O–H groups in total. The summed E-state index contributed by atoms with van der Waals surface area (Å²) in [6, 6.07) is 17.8. The first kappa shape index (κ1) is 16.7. The van der Waals surface area contributed by atoms with Crippen molar-refractivity contribution in [2.75, 3.05) is 0 Å². The number of aromatic nitrogens is 4. The van der Waals surface area contributed by atoms with E-state index in [-0.39, 0.29) is 17.9 Å². The van der Waals surface area contributed by atoms with E-state index < -0.39 is 0 Å². The Balaban J connectivity index is 1.64. The molecule has 0 aliphatic rings. The molecule has 2 heterocycles. The standard InChI is InChI=1S/C20H16N4O3/c1-13(25)16-9-5-6-10-17(16)27-12-15-11-18(26)24-20(21-15)22-19(23-24)14-7-3-2-4-8-14/h2-11H,12H2,1H3,(H,21,22,23). The first-order chi connectivity index (χ1) is 13.1. The number of nitrogens with zero attached hydrogens (tertiary/aromatic N) is 3. The van der Waals surface area contributed by atoms with Gasteiger partial charge in [-0.25, -0.2) is 0 Å². The van der Waals surface area contributed by atoms with Crippen molar-refractivity contribution in [1.82, 2.24) is 19.6 Å². The van der Waals surface area contributed by atoms with Crippen LogP contribution in [0.3, 0.4) is 0 Å². The number of para-hydroxylation sites is 1. The Morgan fingerprint density at radius 3 is 2.63 bits per heavy atom. The van der Waals surface area contributed by atoms with Crippen LogP contribution in [0.5, 0.6) is 5.75 Å². The Hall–Kier alpha value is -3.74. The van der Waals surface area contributed by atoms with Gasteiger partial charge in [-0.2, -0.15) is 9.50 Å². The van der Waals surface area contributed by atoms with Crippen molar-refractivity contribution >= 4 is 11.6 Å². The molecule has 0 amide bonds. The maximum absolute atomic E-state index is 12.4. The molecule has 0 unspecified atom stereocenters. The van der Waals surface area contributed by atoms with Crippen LogP contribution in [0.25, 0.3) is 17.2 Å².